The third-order valence-corrected chi connectivity index (χ3v) is 3.79. The number of hydrogen-bond acceptors (Lipinski definition) is 5. The molecule has 9 heteroatoms. The van der Waals surface area contributed by atoms with Gasteiger partial charge in [0.2, 0.25) is 10.0 Å². The van der Waals surface area contributed by atoms with Gasteiger partial charge in [0.25, 0.3) is 0 Å². The molecule has 0 aliphatic rings. The second-order valence-corrected chi connectivity index (χ2v) is 5.43. The van der Waals surface area contributed by atoms with Gasteiger partial charge in [-0.15, -0.1) is 0 Å². The van der Waals surface area contributed by atoms with Crippen LogP contribution in [0.5, 0.6) is 0 Å². The SMILES string of the molecule is CCNS(=O)(=O)c1cc(N)cnc1-n1cc(F)cn1. The van der Waals surface area contributed by atoms with Crippen molar-refractivity contribution in [3.8, 4) is 5.82 Å². The van der Waals surface area contributed by atoms with E-state index in [9.17, 15) is 12.8 Å². The monoisotopic (exact) mass is 285 g/mol. The molecule has 0 radical (unpaired) electrons. The van der Waals surface area contributed by atoms with Crippen molar-refractivity contribution >= 4 is 15.7 Å². The first kappa shape index (κ1) is 13.4. The summed E-state index contributed by atoms with van der Waals surface area (Å²) in [6.07, 6.45) is 3.27. The maximum atomic E-state index is 13.0. The molecule has 0 unspecified atom stereocenters. The van der Waals surface area contributed by atoms with E-state index in [2.05, 4.69) is 14.8 Å². The van der Waals surface area contributed by atoms with Crippen molar-refractivity contribution in [2.45, 2.75) is 11.8 Å². The van der Waals surface area contributed by atoms with Crippen molar-refractivity contribution in [2.75, 3.05) is 12.3 Å². The molecule has 0 aliphatic heterocycles. The highest BCUT2D eigenvalue weighted by Crippen LogP contribution is 2.19. The van der Waals surface area contributed by atoms with Crippen LogP contribution in [0.1, 0.15) is 6.92 Å². The highest BCUT2D eigenvalue weighted by atomic mass is 32.2. The molecule has 0 saturated heterocycles. The van der Waals surface area contributed by atoms with Gasteiger partial charge in [-0.05, 0) is 6.07 Å². The summed E-state index contributed by atoms with van der Waals surface area (Å²) in [6, 6.07) is 1.25. The molecule has 2 heterocycles. The number of pyridine rings is 1. The first-order valence-corrected chi connectivity index (χ1v) is 6.88. The number of nitrogens with one attached hydrogen (secondary N) is 1. The number of nitrogen functional groups attached to an aromatic ring is 1. The van der Waals surface area contributed by atoms with Crippen LogP contribution < -0.4 is 10.5 Å². The lowest BCUT2D eigenvalue weighted by Crippen LogP contribution is -2.25. The van der Waals surface area contributed by atoms with Crippen molar-refractivity contribution in [1.82, 2.24) is 19.5 Å². The van der Waals surface area contributed by atoms with Crippen molar-refractivity contribution in [3.05, 3.63) is 30.5 Å². The summed E-state index contributed by atoms with van der Waals surface area (Å²) >= 11 is 0. The highest BCUT2D eigenvalue weighted by Gasteiger charge is 2.21. The molecule has 0 bridgehead atoms. The van der Waals surface area contributed by atoms with Crippen LogP contribution in [-0.4, -0.2) is 29.7 Å². The van der Waals surface area contributed by atoms with E-state index in [4.69, 9.17) is 5.73 Å². The number of nitrogens with zero attached hydrogens (tertiary/aromatic N) is 3. The lowest BCUT2D eigenvalue weighted by Gasteiger charge is -2.10. The molecule has 19 heavy (non-hydrogen) atoms. The van der Waals surface area contributed by atoms with Gasteiger partial charge in [-0.25, -0.2) is 27.2 Å². The molecule has 0 saturated carbocycles. The Labute approximate surface area is 109 Å². The van der Waals surface area contributed by atoms with E-state index in [1.54, 1.807) is 6.92 Å². The fourth-order valence-corrected chi connectivity index (χ4v) is 2.72. The van der Waals surface area contributed by atoms with E-state index < -0.39 is 15.8 Å². The zero-order valence-corrected chi connectivity index (χ0v) is 10.9. The molecule has 0 aromatic carbocycles. The number of halogens is 1. The Balaban J connectivity index is 2.63. The smallest absolute Gasteiger partial charge is 0.244 e. The molecule has 3 N–H and O–H groups in total. The minimum absolute atomic E-state index is 0.0148. The summed E-state index contributed by atoms with van der Waals surface area (Å²) in [4.78, 5) is 3.74. The van der Waals surface area contributed by atoms with E-state index in [1.807, 2.05) is 0 Å². The quantitative estimate of drug-likeness (QED) is 0.840. The summed E-state index contributed by atoms with van der Waals surface area (Å²) < 4.78 is 40.4. The van der Waals surface area contributed by atoms with Crippen LogP contribution in [-0.2, 0) is 10.0 Å². The van der Waals surface area contributed by atoms with Gasteiger partial charge in [0.15, 0.2) is 11.6 Å². The van der Waals surface area contributed by atoms with E-state index in [-0.39, 0.29) is 22.9 Å². The van der Waals surface area contributed by atoms with Gasteiger partial charge in [0, 0.05) is 6.54 Å². The predicted molar refractivity (Wildman–Crippen MR) is 66.6 cm³/mol. The number of anilines is 1. The highest BCUT2D eigenvalue weighted by molar-refractivity contribution is 7.89. The van der Waals surface area contributed by atoms with Crippen molar-refractivity contribution in [1.29, 1.82) is 0 Å². The standard InChI is InChI=1S/C10H12FN5O2S/c1-2-15-19(17,18)9-3-8(12)5-13-10(9)16-6-7(11)4-14-16/h3-6,15H,2,12H2,1H3. The van der Waals surface area contributed by atoms with Crippen LogP contribution in [0.3, 0.4) is 0 Å². The fourth-order valence-electron chi connectivity index (χ4n) is 1.51. The molecule has 7 nitrogen and oxygen atoms in total. The Morgan fingerprint density at radius 1 is 1.47 bits per heavy atom. The molecule has 0 amide bonds. The van der Waals surface area contributed by atoms with Crippen LogP contribution in [0.4, 0.5) is 10.1 Å². The van der Waals surface area contributed by atoms with Gasteiger partial charge in [-0.2, -0.15) is 5.10 Å². The summed E-state index contributed by atoms with van der Waals surface area (Å²) in [5.74, 6) is -0.607. The predicted octanol–water partition coefficient (Wildman–Crippen LogP) is 0.287. The fraction of sp³-hybridized carbons (Fsp3) is 0.200. The zero-order chi connectivity index (χ0) is 14.0. The molecular formula is C10H12FN5O2S. The summed E-state index contributed by atoms with van der Waals surface area (Å²) in [5.41, 5.74) is 5.73. The molecule has 2 rings (SSSR count). The number of aromatic nitrogens is 3. The molecule has 0 atom stereocenters. The molecule has 0 aliphatic carbocycles. The van der Waals surface area contributed by atoms with Gasteiger partial charge in [-0.3, -0.25) is 0 Å². The van der Waals surface area contributed by atoms with Crippen LogP contribution in [0.25, 0.3) is 5.82 Å². The molecule has 2 aromatic rings. The van der Waals surface area contributed by atoms with Gasteiger partial charge in [-0.1, -0.05) is 6.92 Å². The second kappa shape index (κ2) is 4.94. The normalized spacial score (nSPS) is 11.7. The molecular weight excluding hydrogens is 273 g/mol. The van der Waals surface area contributed by atoms with Crippen molar-refractivity contribution in [2.24, 2.45) is 0 Å². The molecule has 0 spiro atoms. The lowest BCUT2D eigenvalue weighted by molar-refractivity contribution is 0.581. The zero-order valence-electron chi connectivity index (χ0n) is 10.0. The first-order chi connectivity index (χ1) is 8.94. The van der Waals surface area contributed by atoms with Crippen LogP contribution >= 0.6 is 0 Å². The maximum Gasteiger partial charge on any atom is 0.244 e. The van der Waals surface area contributed by atoms with Crippen LogP contribution in [0, 0.1) is 5.82 Å². The van der Waals surface area contributed by atoms with E-state index >= 15 is 0 Å². The van der Waals surface area contributed by atoms with Crippen molar-refractivity contribution < 1.29 is 12.8 Å². The van der Waals surface area contributed by atoms with Gasteiger partial charge < -0.3 is 5.73 Å². The van der Waals surface area contributed by atoms with Gasteiger partial charge in [0.1, 0.15) is 4.90 Å². The van der Waals surface area contributed by atoms with E-state index in [1.165, 1.54) is 12.3 Å². The Kier molecular flexibility index (Phi) is 3.49. The maximum absolute atomic E-state index is 13.0. The average Bonchev–Trinajstić information content (AvgIpc) is 2.75. The Hall–Kier alpha value is -2.00. The minimum atomic E-state index is -3.78. The van der Waals surface area contributed by atoms with E-state index in [0.29, 0.717) is 0 Å². The third kappa shape index (κ3) is 2.71. The number of sulfonamides is 1. The van der Waals surface area contributed by atoms with E-state index in [0.717, 1.165) is 17.1 Å². The number of rotatable bonds is 4. The third-order valence-electron chi connectivity index (χ3n) is 2.25. The molecule has 102 valence electrons. The lowest BCUT2D eigenvalue weighted by atomic mass is 10.4. The summed E-state index contributed by atoms with van der Waals surface area (Å²) in [5, 5.41) is 3.70. The Morgan fingerprint density at radius 2 is 2.21 bits per heavy atom. The van der Waals surface area contributed by atoms with Crippen LogP contribution in [0.2, 0.25) is 0 Å². The van der Waals surface area contributed by atoms with Gasteiger partial charge in [0.05, 0.1) is 24.3 Å². The second-order valence-electron chi connectivity index (χ2n) is 3.69. The van der Waals surface area contributed by atoms with Gasteiger partial charge >= 0.3 is 0 Å². The molecule has 2 aromatic heterocycles. The minimum Gasteiger partial charge on any atom is -0.397 e. The average molecular weight is 285 g/mol. The number of nitrogens with two attached hydrogens (primary N) is 1. The number of hydrogen-bond donors (Lipinski definition) is 2. The Bertz CT molecular complexity index is 698. The summed E-state index contributed by atoms with van der Waals surface area (Å²) in [6.45, 7) is 1.86. The van der Waals surface area contributed by atoms with Crippen molar-refractivity contribution in [3.63, 3.8) is 0 Å². The summed E-state index contributed by atoms with van der Waals surface area (Å²) in [7, 11) is -3.78. The first-order valence-electron chi connectivity index (χ1n) is 5.40. The topological polar surface area (TPSA) is 103 Å². The Morgan fingerprint density at radius 3 is 2.79 bits per heavy atom. The largest absolute Gasteiger partial charge is 0.397 e. The molecule has 0 fully saturated rings. The van der Waals surface area contributed by atoms with Crippen LogP contribution in [0.15, 0.2) is 29.6 Å².